The lowest BCUT2D eigenvalue weighted by atomic mass is 9.99. The van der Waals surface area contributed by atoms with Crippen molar-refractivity contribution in [3.63, 3.8) is 0 Å². The molecule has 0 radical (unpaired) electrons. The topological polar surface area (TPSA) is 17.8 Å². The molecule has 0 spiro atoms. The molecule has 1 aliphatic rings. The summed E-state index contributed by atoms with van der Waals surface area (Å²) in [5.41, 5.74) is 3.13. The fourth-order valence-electron chi connectivity index (χ4n) is 2.30. The highest BCUT2D eigenvalue weighted by molar-refractivity contribution is 6.42. The van der Waals surface area contributed by atoms with Crippen molar-refractivity contribution in [1.82, 2.24) is 9.78 Å². The second kappa shape index (κ2) is 4.76. The average Bonchev–Trinajstić information content (AvgIpc) is 2.71. The Morgan fingerprint density at radius 3 is 2.50 bits per heavy atom. The van der Waals surface area contributed by atoms with E-state index in [1.165, 1.54) is 18.4 Å². The first-order valence-corrected chi connectivity index (χ1v) is 7.02. The number of aryl methyl sites for hydroxylation is 1. The van der Waals surface area contributed by atoms with Crippen LogP contribution < -0.4 is 0 Å². The number of nitrogens with zero attached hydrogens (tertiary/aromatic N) is 2. The largest absolute Gasteiger partial charge is 0.222 e. The molecule has 1 aromatic carbocycles. The SMILES string of the molecule is Clc1ccc(-n2nc3c(c2Cl)CCCC3)cc1Cl. The van der Waals surface area contributed by atoms with E-state index in [1.54, 1.807) is 16.8 Å². The third kappa shape index (κ3) is 2.03. The molecule has 1 aliphatic carbocycles. The van der Waals surface area contributed by atoms with Crippen LogP contribution in [0, 0.1) is 0 Å². The van der Waals surface area contributed by atoms with Gasteiger partial charge in [0.15, 0.2) is 0 Å². The highest BCUT2D eigenvalue weighted by Crippen LogP contribution is 2.31. The molecular weight excluding hydrogens is 291 g/mol. The van der Waals surface area contributed by atoms with Gasteiger partial charge in [0.25, 0.3) is 0 Å². The summed E-state index contributed by atoms with van der Waals surface area (Å²) in [5.74, 6) is 0. The van der Waals surface area contributed by atoms with Crippen LogP contribution in [0.3, 0.4) is 0 Å². The van der Waals surface area contributed by atoms with Crippen LogP contribution in [0.15, 0.2) is 18.2 Å². The summed E-state index contributed by atoms with van der Waals surface area (Å²) in [4.78, 5) is 0. The van der Waals surface area contributed by atoms with Crippen LogP contribution in [0.25, 0.3) is 5.69 Å². The Morgan fingerprint density at radius 1 is 1.00 bits per heavy atom. The van der Waals surface area contributed by atoms with Gasteiger partial charge in [-0.25, -0.2) is 4.68 Å². The summed E-state index contributed by atoms with van der Waals surface area (Å²) in [6.45, 7) is 0. The van der Waals surface area contributed by atoms with E-state index in [4.69, 9.17) is 34.8 Å². The summed E-state index contributed by atoms with van der Waals surface area (Å²) in [6.07, 6.45) is 4.38. The van der Waals surface area contributed by atoms with Gasteiger partial charge < -0.3 is 0 Å². The van der Waals surface area contributed by atoms with Gasteiger partial charge in [-0.05, 0) is 43.9 Å². The summed E-state index contributed by atoms with van der Waals surface area (Å²) in [5, 5.41) is 6.32. The first-order chi connectivity index (χ1) is 8.66. The zero-order valence-electron chi connectivity index (χ0n) is 9.59. The molecule has 94 valence electrons. The molecule has 0 saturated carbocycles. The first-order valence-electron chi connectivity index (χ1n) is 5.88. The van der Waals surface area contributed by atoms with Gasteiger partial charge >= 0.3 is 0 Å². The van der Waals surface area contributed by atoms with E-state index in [0.29, 0.717) is 15.2 Å². The van der Waals surface area contributed by atoms with Gasteiger partial charge in [-0.15, -0.1) is 0 Å². The number of hydrogen-bond acceptors (Lipinski definition) is 1. The third-order valence-corrected chi connectivity index (χ3v) is 4.37. The Balaban J connectivity index is 2.11. The molecule has 2 aromatic rings. The van der Waals surface area contributed by atoms with E-state index in [0.717, 1.165) is 24.2 Å². The zero-order valence-corrected chi connectivity index (χ0v) is 11.9. The lowest BCUT2D eigenvalue weighted by Crippen LogP contribution is -2.00. The van der Waals surface area contributed by atoms with Gasteiger partial charge in [-0.2, -0.15) is 5.10 Å². The normalized spacial score (nSPS) is 14.6. The first kappa shape index (κ1) is 12.3. The van der Waals surface area contributed by atoms with Crippen LogP contribution in [-0.4, -0.2) is 9.78 Å². The molecule has 5 heteroatoms. The van der Waals surface area contributed by atoms with Crippen LogP contribution >= 0.6 is 34.8 Å². The molecular formula is C13H11Cl3N2. The Bertz CT molecular complexity index is 605. The maximum absolute atomic E-state index is 6.39. The van der Waals surface area contributed by atoms with Crippen LogP contribution in [0.2, 0.25) is 15.2 Å². The minimum atomic E-state index is 0.513. The molecule has 0 amide bonds. The Morgan fingerprint density at radius 2 is 1.78 bits per heavy atom. The molecule has 0 bridgehead atoms. The monoisotopic (exact) mass is 300 g/mol. The maximum atomic E-state index is 6.39. The van der Waals surface area contributed by atoms with Crippen molar-refractivity contribution in [1.29, 1.82) is 0 Å². The molecule has 18 heavy (non-hydrogen) atoms. The van der Waals surface area contributed by atoms with Crippen molar-refractivity contribution in [2.75, 3.05) is 0 Å². The van der Waals surface area contributed by atoms with Crippen LogP contribution in [-0.2, 0) is 12.8 Å². The number of halogens is 3. The summed E-state index contributed by atoms with van der Waals surface area (Å²) in [6, 6.07) is 5.42. The van der Waals surface area contributed by atoms with Crippen molar-refractivity contribution in [3.05, 3.63) is 44.7 Å². The molecule has 0 saturated heterocycles. The fraction of sp³-hybridized carbons (Fsp3) is 0.308. The molecule has 2 nitrogen and oxygen atoms in total. The zero-order chi connectivity index (χ0) is 12.7. The van der Waals surface area contributed by atoms with E-state index in [9.17, 15) is 0 Å². The number of rotatable bonds is 1. The van der Waals surface area contributed by atoms with Crippen LogP contribution in [0.1, 0.15) is 24.1 Å². The summed E-state index contributed by atoms with van der Waals surface area (Å²) in [7, 11) is 0. The van der Waals surface area contributed by atoms with E-state index < -0.39 is 0 Å². The minimum absolute atomic E-state index is 0.513. The Labute approximate surface area is 120 Å². The van der Waals surface area contributed by atoms with Crippen LogP contribution in [0.5, 0.6) is 0 Å². The molecule has 0 aliphatic heterocycles. The lowest BCUT2D eigenvalue weighted by molar-refractivity contribution is 0.671. The predicted molar refractivity (Wildman–Crippen MR) is 75.2 cm³/mol. The van der Waals surface area contributed by atoms with Gasteiger partial charge in [0.2, 0.25) is 0 Å². The molecule has 1 heterocycles. The molecule has 1 aromatic heterocycles. The smallest absolute Gasteiger partial charge is 0.136 e. The number of hydrogen-bond donors (Lipinski definition) is 0. The number of benzene rings is 1. The predicted octanol–water partition coefficient (Wildman–Crippen LogP) is 4.71. The van der Waals surface area contributed by atoms with E-state index in [2.05, 4.69) is 5.10 Å². The Hall–Kier alpha value is -0.700. The average molecular weight is 302 g/mol. The summed E-state index contributed by atoms with van der Waals surface area (Å²) >= 11 is 18.3. The van der Waals surface area contributed by atoms with Crippen molar-refractivity contribution in [3.8, 4) is 5.69 Å². The van der Waals surface area contributed by atoms with E-state index in [1.807, 2.05) is 6.07 Å². The minimum Gasteiger partial charge on any atom is -0.222 e. The van der Waals surface area contributed by atoms with Gasteiger partial charge in [-0.1, -0.05) is 34.8 Å². The highest BCUT2D eigenvalue weighted by Gasteiger charge is 2.20. The van der Waals surface area contributed by atoms with E-state index in [-0.39, 0.29) is 0 Å². The molecule has 3 rings (SSSR count). The molecule has 0 N–H and O–H groups in total. The quantitative estimate of drug-likeness (QED) is 0.746. The molecule has 0 fully saturated rings. The number of fused-ring (bicyclic) bond motifs is 1. The third-order valence-electron chi connectivity index (χ3n) is 3.24. The van der Waals surface area contributed by atoms with Crippen molar-refractivity contribution in [2.24, 2.45) is 0 Å². The lowest BCUT2D eigenvalue weighted by Gasteiger charge is -2.08. The second-order valence-electron chi connectivity index (χ2n) is 4.43. The molecule has 0 atom stereocenters. The summed E-state index contributed by atoms with van der Waals surface area (Å²) < 4.78 is 1.75. The second-order valence-corrected chi connectivity index (χ2v) is 5.61. The fourth-order valence-corrected chi connectivity index (χ4v) is 2.93. The maximum Gasteiger partial charge on any atom is 0.136 e. The van der Waals surface area contributed by atoms with Crippen molar-refractivity contribution in [2.45, 2.75) is 25.7 Å². The van der Waals surface area contributed by atoms with Crippen LogP contribution in [0.4, 0.5) is 0 Å². The highest BCUT2D eigenvalue weighted by atomic mass is 35.5. The standard InChI is InChI=1S/C13H11Cl3N2/c14-10-6-5-8(7-11(10)15)18-13(16)9-3-1-2-4-12(9)17-18/h5-7H,1-4H2. The Kier molecular flexibility index (Phi) is 3.27. The van der Waals surface area contributed by atoms with Gasteiger partial charge in [-0.3, -0.25) is 0 Å². The van der Waals surface area contributed by atoms with Gasteiger partial charge in [0.1, 0.15) is 5.15 Å². The van der Waals surface area contributed by atoms with Gasteiger partial charge in [0, 0.05) is 5.56 Å². The molecule has 0 unspecified atom stereocenters. The van der Waals surface area contributed by atoms with Crippen molar-refractivity contribution >= 4 is 34.8 Å². The van der Waals surface area contributed by atoms with Gasteiger partial charge in [0.05, 0.1) is 21.4 Å². The van der Waals surface area contributed by atoms with Crippen molar-refractivity contribution < 1.29 is 0 Å². The number of aromatic nitrogens is 2. The van der Waals surface area contributed by atoms with E-state index >= 15 is 0 Å².